The van der Waals surface area contributed by atoms with E-state index in [1.807, 2.05) is 18.5 Å². The first kappa shape index (κ1) is 7.99. The van der Waals surface area contributed by atoms with E-state index in [4.69, 9.17) is 0 Å². The van der Waals surface area contributed by atoms with Gasteiger partial charge in [-0.25, -0.2) is 0 Å². The van der Waals surface area contributed by atoms with Crippen molar-refractivity contribution in [1.82, 2.24) is 4.98 Å². The first-order valence-corrected chi connectivity index (χ1v) is 3.93. The van der Waals surface area contributed by atoms with Crippen LogP contribution in [0.25, 0.3) is 0 Å². The van der Waals surface area contributed by atoms with E-state index in [0.717, 1.165) is 12.8 Å². The van der Waals surface area contributed by atoms with Gasteiger partial charge in [-0.05, 0) is 37.0 Å². The number of aryl methyl sites for hydroxylation is 1. The molecule has 0 unspecified atom stereocenters. The highest BCUT2D eigenvalue weighted by Gasteiger charge is 1.88. The third kappa shape index (κ3) is 2.99. The van der Waals surface area contributed by atoms with Crippen molar-refractivity contribution >= 4 is 0 Å². The molecular formula is C10H13N. The first-order valence-electron chi connectivity index (χ1n) is 3.93. The largest absolute Gasteiger partial charge is 0.265 e. The molecule has 0 atom stereocenters. The van der Waals surface area contributed by atoms with Gasteiger partial charge in [0.1, 0.15) is 0 Å². The minimum absolute atomic E-state index is 1.10. The standard InChI is InChI=1S/C10H13N/c1-2-3-4-5-10-6-8-11-9-7-10/h2,6-9H,1,3-5H2. The van der Waals surface area contributed by atoms with Crippen LogP contribution in [0.4, 0.5) is 0 Å². The lowest BCUT2D eigenvalue weighted by molar-refractivity contribution is 0.842. The van der Waals surface area contributed by atoms with Gasteiger partial charge in [0.25, 0.3) is 0 Å². The molecule has 1 nitrogen and oxygen atoms in total. The molecule has 1 rings (SSSR count). The normalized spacial score (nSPS) is 9.45. The maximum absolute atomic E-state index is 3.95. The number of allylic oxidation sites excluding steroid dienone is 1. The predicted octanol–water partition coefficient (Wildman–Crippen LogP) is 2.59. The lowest BCUT2D eigenvalue weighted by Gasteiger charge is -1.96. The van der Waals surface area contributed by atoms with Crippen molar-refractivity contribution in [3.8, 4) is 0 Å². The van der Waals surface area contributed by atoms with E-state index in [9.17, 15) is 0 Å². The fraction of sp³-hybridized carbons (Fsp3) is 0.300. The van der Waals surface area contributed by atoms with Crippen LogP contribution in [0, 0.1) is 0 Å². The number of rotatable bonds is 4. The quantitative estimate of drug-likeness (QED) is 0.471. The van der Waals surface area contributed by atoms with Crippen LogP contribution >= 0.6 is 0 Å². The summed E-state index contributed by atoms with van der Waals surface area (Å²) in [5, 5.41) is 0. The maximum atomic E-state index is 3.95. The Labute approximate surface area is 67.8 Å². The lowest BCUT2D eigenvalue weighted by Crippen LogP contribution is -1.83. The van der Waals surface area contributed by atoms with Crippen LogP contribution in [-0.4, -0.2) is 4.98 Å². The van der Waals surface area contributed by atoms with E-state index >= 15 is 0 Å². The smallest absolute Gasteiger partial charge is 0.0270 e. The molecule has 0 N–H and O–H groups in total. The molecule has 0 aliphatic carbocycles. The van der Waals surface area contributed by atoms with Crippen LogP contribution in [0.5, 0.6) is 0 Å². The topological polar surface area (TPSA) is 12.9 Å². The van der Waals surface area contributed by atoms with E-state index in [0.29, 0.717) is 0 Å². The van der Waals surface area contributed by atoms with Gasteiger partial charge in [0.15, 0.2) is 0 Å². The van der Waals surface area contributed by atoms with Crippen LogP contribution in [0.3, 0.4) is 0 Å². The number of unbranched alkanes of at least 4 members (excludes halogenated alkanes) is 1. The minimum atomic E-state index is 1.10. The van der Waals surface area contributed by atoms with Crippen LogP contribution in [-0.2, 0) is 6.42 Å². The molecule has 0 aromatic carbocycles. The molecule has 58 valence electrons. The third-order valence-corrected chi connectivity index (χ3v) is 1.62. The van der Waals surface area contributed by atoms with E-state index in [1.165, 1.54) is 12.0 Å². The zero-order valence-electron chi connectivity index (χ0n) is 6.66. The van der Waals surface area contributed by atoms with Gasteiger partial charge in [-0.1, -0.05) is 6.08 Å². The van der Waals surface area contributed by atoms with Crippen LogP contribution in [0.1, 0.15) is 18.4 Å². The molecule has 0 fully saturated rings. The number of hydrogen-bond donors (Lipinski definition) is 0. The van der Waals surface area contributed by atoms with Crippen molar-refractivity contribution in [2.24, 2.45) is 0 Å². The molecule has 0 aliphatic rings. The number of hydrogen-bond acceptors (Lipinski definition) is 1. The van der Waals surface area contributed by atoms with Crippen LogP contribution < -0.4 is 0 Å². The van der Waals surface area contributed by atoms with E-state index in [1.54, 1.807) is 0 Å². The molecule has 0 bridgehead atoms. The Morgan fingerprint density at radius 1 is 1.36 bits per heavy atom. The average molecular weight is 147 g/mol. The Hall–Kier alpha value is -1.11. The summed E-state index contributed by atoms with van der Waals surface area (Å²) in [4.78, 5) is 3.95. The maximum Gasteiger partial charge on any atom is 0.0270 e. The molecule has 0 amide bonds. The molecule has 0 aliphatic heterocycles. The molecule has 0 radical (unpaired) electrons. The summed E-state index contributed by atoms with van der Waals surface area (Å²) >= 11 is 0. The molecule has 1 heterocycles. The fourth-order valence-corrected chi connectivity index (χ4v) is 1.000. The van der Waals surface area contributed by atoms with Gasteiger partial charge in [-0.2, -0.15) is 0 Å². The Kier molecular flexibility index (Phi) is 3.39. The summed E-state index contributed by atoms with van der Waals surface area (Å²) in [6, 6.07) is 4.12. The zero-order chi connectivity index (χ0) is 7.94. The van der Waals surface area contributed by atoms with Gasteiger partial charge in [0.2, 0.25) is 0 Å². The van der Waals surface area contributed by atoms with Crippen molar-refractivity contribution in [2.75, 3.05) is 0 Å². The van der Waals surface area contributed by atoms with Gasteiger partial charge in [0, 0.05) is 12.4 Å². The highest BCUT2D eigenvalue weighted by molar-refractivity contribution is 5.09. The summed E-state index contributed by atoms with van der Waals surface area (Å²) in [7, 11) is 0. The van der Waals surface area contributed by atoms with Gasteiger partial charge < -0.3 is 0 Å². The zero-order valence-corrected chi connectivity index (χ0v) is 6.66. The molecule has 11 heavy (non-hydrogen) atoms. The summed E-state index contributed by atoms with van der Waals surface area (Å²) in [5.74, 6) is 0. The van der Waals surface area contributed by atoms with E-state index in [2.05, 4.69) is 23.7 Å². The summed E-state index contributed by atoms with van der Waals surface area (Å²) in [6.07, 6.45) is 9.05. The van der Waals surface area contributed by atoms with E-state index < -0.39 is 0 Å². The molecule has 1 heteroatoms. The van der Waals surface area contributed by atoms with Crippen molar-refractivity contribution < 1.29 is 0 Å². The van der Waals surface area contributed by atoms with Crippen molar-refractivity contribution in [3.63, 3.8) is 0 Å². The second-order valence-electron chi connectivity index (χ2n) is 2.54. The SMILES string of the molecule is C=CCCCc1ccncc1. The fourth-order valence-electron chi connectivity index (χ4n) is 1.000. The second-order valence-corrected chi connectivity index (χ2v) is 2.54. The Bertz CT molecular complexity index is 203. The molecule has 1 aromatic heterocycles. The summed E-state index contributed by atoms with van der Waals surface area (Å²) in [5.41, 5.74) is 1.36. The Balaban J connectivity index is 2.33. The Morgan fingerprint density at radius 2 is 2.09 bits per heavy atom. The van der Waals surface area contributed by atoms with E-state index in [-0.39, 0.29) is 0 Å². The lowest BCUT2D eigenvalue weighted by atomic mass is 10.1. The third-order valence-electron chi connectivity index (χ3n) is 1.62. The molecule has 0 spiro atoms. The highest BCUT2D eigenvalue weighted by atomic mass is 14.6. The van der Waals surface area contributed by atoms with Crippen molar-refractivity contribution in [1.29, 1.82) is 0 Å². The molecule has 0 saturated heterocycles. The predicted molar refractivity (Wildman–Crippen MR) is 47.4 cm³/mol. The molecule has 1 aromatic rings. The number of aromatic nitrogens is 1. The summed E-state index contributed by atoms with van der Waals surface area (Å²) < 4.78 is 0. The minimum Gasteiger partial charge on any atom is -0.265 e. The van der Waals surface area contributed by atoms with Gasteiger partial charge >= 0.3 is 0 Å². The van der Waals surface area contributed by atoms with Crippen molar-refractivity contribution in [2.45, 2.75) is 19.3 Å². The van der Waals surface area contributed by atoms with Crippen LogP contribution in [0.2, 0.25) is 0 Å². The highest BCUT2D eigenvalue weighted by Crippen LogP contribution is 2.02. The second kappa shape index (κ2) is 4.67. The van der Waals surface area contributed by atoms with Gasteiger partial charge in [-0.15, -0.1) is 6.58 Å². The monoisotopic (exact) mass is 147 g/mol. The summed E-state index contributed by atoms with van der Waals surface area (Å²) in [6.45, 7) is 3.68. The average Bonchev–Trinajstić information content (AvgIpc) is 2.07. The Morgan fingerprint density at radius 3 is 2.73 bits per heavy atom. The number of nitrogens with zero attached hydrogens (tertiary/aromatic N) is 1. The first-order chi connectivity index (χ1) is 5.43. The molecular weight excluding hydrogens is 134 g/mol. The van der Waals surface area contributed by atoms with Crippen LogP contribution in [0.15, 0.2) is 37.2 Å². The van der Waals surface area contributed by atoms with Gasteiger partial charge in [-0.3, -0.25) is 4.98 Å². The van der Waals surface area contributed by atoms with Gasteiger partial charge in [0.05, 0.1) is 0 Å². The van der Waals surface area contributed by atoms with Crippen molar-refractivity contribution in [3.05, 3.63) is 42.7 Å². The number of pyridine rings is 1. The molecule has 0 saturated carbocycles.